The van der Waals surface area contributed by atoms with E-state index < -0.39 is 23.5 Å². The van der Waals surface area contributed by atoms with Gasteiger partial charge in [-0.05, 0) is 26.0 Å². The summed E-state index contributed by atoms with van der Waals surface area (Å²) in [4.78, 5) is 34.9. The predicted octanol–water partition coefficient (Wildman–Crippen LogP) is 1.70. The number of ketones is 1. The predicted molar refractivity (Wildman–Crippen MR) is 91.5 cm³/mol. The van der Waals surface area contributed by atoms with E-state index in [0.717, 1.165) is 6.20 Å². The van der Waals surface area contributed by atoms with Crippen LogP contribution >= 0.6 is 0 Å². The summed E-state index contributed by atoms with van der Waals surface area (Å²) < 4.78 is 9.35. The van der Waals surface area contributed by atoms with Crippen LogP contribution in [0.2, 0.25) is 0 Å². The van der Waals surface area contributed by atoms with Gasteiger partial charge in [0, 0.05) is 12.3 Å². The van der Waals surface area contributed by atoms with Gasteiger partial charge in [0.2, 0.25) is 0 Å². The van der Waals surface area contributed by atoms with Gasteiger partial charge in [0.25, 0.3) is 5.78 Å². The minimum Gasteiger partial charge on any atom is -0.507 e. The van der Waals surface area contributed by atoms with Gasteiger partial charge in [-0.2, -0.15) is 0 Å². The van der Waals surface area contributed by atoms with Gasteiger partial charge < -0.3 is 25.6 Å². The van der Waals surface area contributed by atoms with Crippen molar-refractivity contribution in [3.63, 3.8) is 0 Å². The number of nitrogen functional groups attached to an aromatic ring is 1. The number of rotatable bonds is 8. The van der Waals surface area contributed by atoms with E-state index in [0.29, 0.717) is 17.5 Å². The Labute approximate surface area is 144 Å². The molecule has 0 bridgehead atoms. The molecular weight excluding hydrogens is 328 g/mol. The van der Waals surface area contributed by atoms with Crippen molar-refractivity contribution >= 4 is 29.1 Å². The van der Waals surface area contributed by atoms with Crippen molar-refractivity contribution in [2.75, 3.05) is 24.3 Å². The van der Waals surface area contributed by atoms with Gasteiger partial charge in [-0.15, -0.1) is 0 Å². The van der Waals surface area contributed by atoms with Gasteiger partial charge in [0.1, 0.15) is 11.3 Å². The summed E-state index contributed by atoms with van der Waals surface area (Å²) in [6.45, 7) is 3.19. The molecule has 1 aromatic rings. The zero-order valence-electron chi connectivity index (χ0n) is 13.9. The van der Waals surface area contributed by atoms with Crippen LogP contribution in [0.3, 0.4) is 0 Å². The summed E-state index contributed by atoms with van der Waals surface area (Å²) in [5, 5.41) is 12.8. The molecule has 0 aliphatic heterocycles. The number of carbonyl (C=O) groups is 3. The summed E-state index contributed by atoms with van der Waals surface area (Å²) in [5.41, 5.74) is 6.32. The van der Waals surface area contributed by atoms with Gasteiger partial charge in [-0.3, -0.25) is 4.79 Å². The summed E-state index contributed by atoms with van der Waals surface area (Å²) in [6.07, 6.45) is 1.73. The lowest BCUT2D eigenvalue weighted by Crippen LogP contribution is -2.17. The van der Waals surface area contributed by atoms with Gasteiger partial charge in [0.05, 0.1) is 24.6 Å². The Balaban J connectivity index is 3.09. The Hall–Kier alpha value is -3.29. The van der Waals surface area contributed by atoms with E-state index in [1.807, 2.05) is 0 Å². The molecule has 0 aliphatic rings. The van der Waals surface area contributed by atoms with E-state index in [2.05, 4.69) is 10.1 Å². The number of aliphatic hydroxyl groups excluding tert-OH is 1. The smallest absolute Gasteiger partial charge is 0.379 e. The fourth-order valence-electron chi connectivity index (χ4n) is 1.69. The molecule has 0 unspecified atom stereocenters. The molecule has 1 aromatic carbocycles. The largest absolute Gasteiger partial charge is 0.507 e. The van der Waals surface area contributed by atoms with Gasteiger partial charge in [0.15, 0.2) is 0 Å². The van der Waals surface area contributed by atoms with Crippen LogP contribution in [-0.2, 0) is 23.9 Å². The SMILES string of the molecule is CCOC(=O)C(=O)/C=C(\O)C(=CNc1ccccc1N)C(=O)OCC. The fourth-order valence-corrected chi connectivity index (χ4v) is 1.69. The fraction of sp³-hybridized carbons (Fsp3) is 0.235. The Bertz CT molecular complexity index is 709. The minimum atomic E-state index is -1.14. The quantitative estimate of drug-likeness (QED) is 0.162. The molecule has 4 N–H and O–H groups in total. The number of nitrogens with two attached hydrogens (primary N) is 1. The number of benzene rings is 1. The molecule has 0 atom stereocenters. The second-order valence-electron chi connectivity index (χ2n) is 4.62. The minimum absolute atomic E-state index is 0.00852. The molecule has 0 amide bonds. The molecule has 0 aliphatic carbocycles. The lowest BCUT2D eigenvalue weighted by Gasteiger charge is -2.09. The van der Waals surface area contributed by atoms with Crippen LogP contribution in [-0.4, -0.2) is 36.0 Å². The third-order valence-electron chi connectivity index (χ3n) is 2.85. The van der Waals surface area contributed by atoms with Crippen molar-refractivity contribution in [1.29, 1.82) is 0 Å². The maximum Gasteiger partial charge on any atom is 0.379 e. The Morgan fingerprint density at radius 2 is 1.72 bits per heavy atom. The molecule has 0 saturated heterocycles. The molecule has 134 valence electrons. The van der Waals surface area contributed by atoms with Crippen LogP contribution in [0.4, 0.5) is 11.4 Å². The first-order chi connectivity index (χ1) is 11.9. The lowest BCUT2D eigenvalue weighted by atomic mass is 10.2. The Morgan fingerprint density at radius 1 is 1.12 bits per heavy atom. The van der Waals surface area contributed by atoms with Crippen molar-refractivity contribution in [3.8, 4) is 0 Å². The molecule has 0 radical (unpaired) electrons. The molecule has 0 fully saturated rings. The average molecular weight is 348 g/mol. The van der Waals surface area contributed by atoms with Crippen molar-refractivity contribution in [2.24, 2.45) is 0 Å². The topological polar surface area (TPSA) is 128 Å². The third-order valence-corrected chi connectivity index (χ3v) is 2.85. The van der Waals surface area contributed by atoms with Crippen molar-refractivity contribution in [2.45, 2.75) is 13.8 Å². The zero-order valence-corrected chi connectivity index (χ0v) is 13.9. The lowest BCUT2D eigenvalue weighted by molar-refractivity contribution is -0.151. The standard InChI is InChI=1S/C17H20N2O6/c1-3-24-16(22)11(10-19-13-8-6-5-7-12(13)18)14(20)9-15(21)17(23)25-4-2/h5-10,19-20H,3-4,18H2,1-2H3/b11-10?,14-9-. The summed E-state index contributed by atoms with van der Waals surface area (Å²) in [5.74, 6) is -3.86. The summed E-state index contributed by atoms with van der Waals surface area (Å²) in [7, 11) is 0. The number of anilines is 2. The van der Waals surface area contributed by atoms with E-state index >= 15 is 0 Å². The number of hydrogen-bond donors (Lipinski definition) is 3. The van der Waals surface area contributed by atoms with Crippen LogP contribution in [0.25, 0.3) is 0 Å². The zero-order chi connectivity index (χ0) is 18.8. The maximum absolute atomic E-state index is 12.0. The van der Waals surface area contributed by atoms with Gasteiger partial charge in [-0.25, -0.2) is 9.59 Å². The number of nitrogens with one attached hydrogen (secondary N) is 1. The first-order valence-corrected chi connectivity index (χ1v) is 7.51. The number of para-hydroxylation sites is 2. The van der Waals surface area contributed by atoms with Crippen LogP contribution < -0.4 is 11.1 Å². The Kier molecular flexibility index (Phi) is 7.71. The second kappa shape index (κ2) is 9.76. The van der Waals surface area contributed by atoms with E-state index in [-0.39, 0.29) is 18.8 Å². The summed E-state index contributed by atoms with van der Waals surface area (Å²) in [6, 6.07) is 6.74. The number of esters is 2. The molecule has 8 heteroatoms. The highest BCUT2D eigenvalue weighted by Gasteiger charge is 2.20. The third kappa shape index (κ3) is 6.02. The van der Waals surface area contributed by atoms with Crippen molar-refractivity contribution in [1.82, 2.24) is 0 Å². The normalized spacial score (nSPS) is 11.6. The Morgan fingerprint density at radius 3 is 2.32 bits per heavy atom. The molecule has 0 saturated carbocycles. The van der Waals surface area contributed by atoms with Crippen LogP contribution in [0.15, 0.2) is 47.9 Å². The first-order valence-electron chi connectivity index (χ1n) is 7.51. The van der Waals surface area contributed by atoms with Crippen molar-refractivity contribution in [3.05, 3.63) is 47.9 Å². The molecule has 0 aromatic heterocycles. The van der Waals surface area contributed by atoms with Crippen LogP contribution in [0.5, 0.6) is 0 Å². The highest BCUT2D eigenvalue weighted by molar-refractivity contribution is 6.38. The molecule has 25 heavy (non-hydrogen) atoms. The highest BCUT2D eigenvalue weighted by atomic mass is 16.5. The summed E-state index contributed by atoms with van der Waals surface area (Å²) >= 11 is 0. The first kappa shape index (κ1) is 19.8. The monoisotopic (exact) mass is 348 g/mol. The van der Waals surface area contributed by atoms with E-state index in [1.54, 1.807) is 31.2 Å². The molecular formula is C17H20N2O6. The van der Waals surface area contributed by atoms with E-state index in [4.69, 9.17) is 10.5 Å². The molecule has 0 heterocycles. The number of ether oxygens (including phenoxy) is 2. The number of hydrogen-bond acceptors (Lipinski definition) is 8. The van der Waals surface area contributed by atoms with E-state index in [1.165, 1.54) is 6.92 Å². The average Bonchev–Trinajstić information content (AvgIpc) is 2.57. The molecule has 1 rings (SSSR count). The number of carbonyl (C=O) groups excluding carboxylic acids is 3. The molecule has 8 nitrogen and oxygen atoms in total. The molecule has 0 spiro atoms. The van der Waals surface area contributed by atoms with Gasteiger partial charge in [-0.1, -0.05) is 12.1 Å². The second-order valence-corrected chi connectivity index (χ2v) is 4.62. The van der Waals surface area contributed by atoms with Crippen molar-refractivity contribution < 1.29 is 29.0 Å². The number of aliphatic hydroxyl groups is 1. The highest BCUT2D eigenvalue weighted by Crippen LogP contribution is 2.18. The van der Waals surface area contributed by atoms with Crippen LogP contribution in [0, 0.1) is 0 Å². The van der Waals surface area contributed by atoms with E-state index in [9.17, 15) is 19.5 Å². The maximum atomic E-state index is 12.0. The van der Waals surface area contributed by atoms with Gasteiger partial charge >= 0.3 is 11.9 Å². The van der Waals surface area contributed by atoms with Crippen LogP contribution in [0.1, 0.15) is 13.8 Å².